The van der Waals surface area contributed by atoms with E-state index in [1.165, 1.54) is 0 Å². The first-order valence-corrected chi connectivity index (χ1v) is 11.6. The van der Waals surface area contributed by atoms with Crippen molar-refractivity contribution in [2.24, 2.45) is 5.41 Å². The molecule has 2 nitrogen and oxygen atoms in total. The van der Waals surface area contributed by atoms with Crippen LogP contribution in [0.4, 0.5) is 0 Å². The molecular weight excluding hydrogens is 307 g/mol. The Morgan fingerprint density at radius 1 is 0.850 bits per heavy atom. The molecule has 0 saturated heterocycles. The molecule has 0 heterocycles. The van der Waals surface area contributed by atoms with E-state index < -0.39 is 5.69 Å². The highest BCUT2D eigenvalue weighted by molar-refractivity contribution is 8.67. The van der Waals surface area contributed by atoms with Crippen LogP contribution in [0.3, 0.4) is 0 Å². The summed E-state index contributed by atoms with van der Waals surface area (Å²) < 4.78 is 12.5. The van der Waals surface area contributed by atoms with E-state index in [9.17, 15) is 0 Å². The van der Waals surface area contributed by atoms with Gasteiger partial charge >= 0.3 is 0 Å². The van der Waals surface area contributed by atoms with E-state index >= 15 is 0 Å². The van der Waals surface area contributed by atoms with Gasteiger partial charge in [-0.3, -0.25) is 0 Å². The van der Waals surface area contributed by atoms with E-state index in [2.05, 4.69) is 62.3 Å². The van der Waals surface area contributed by atoms with Crippen molar-refractivity contribution >= 4 is 28.9 Å². The molecule has 0 N–H and O–H groups in total. The Balaban J connectivity index is 5.09. The molecule has 0 radical (unpaired) electrons. The second kappa shape index (κ2) is 7.46. The van der Waals surface area contributed by atoms with Crippen LogP contribution in [-0.2, 0) is 20.9 Å². The molecule has 0 aromatic rings. The van der Waals surface area contributed by atoms with E-state index in [1.54, 1.807) is 11.4 Å². The summed E-state index contributed by atoms with van der Waals surface area (Å²) >= 11 is 7.53. The van der Waals surface area contributed by atoms with Crippen molar-refractivity contribution in [3.8, 4) is 0 Å². The highest BCUT2D eigenvalue weighted by atomic mass is 32.9. The third-order valence-corrected chi connectivity index (χ3v) is 9.00. The van der Waals surface area contributed by atoms with Gasteiger partial charge in [0.25, 0.3) is 0 Å². The predicted molar refractivity (Wildman–Crippen MR) is 97.1 cm³/mol. The van der Waals surface area contributed by atoms with Gasteiger partial charge in [-0.1, -0.05) is 46.0 Å². The summed E-state index contributed by atoms with van der Waals surface area (Å²) in [5.74, 6) is 0.948. The summed E-state index contributed by atoms with van der Waals surface area (Å²) in [5.41, 5.74) is -2.59. The second-order valence-electron chi connectivity index (χ2n) is 7.69. The van der Waals surface area contributed by atoms with Crippen LogP contribution in [0, 0.1) is 5.41 Å². The van der Waals surface area contributed by atoms with E-state index in [1.807, 2.05) is 0 Å². The lowest BCUT2D eigenvalue weighted by Crippen LogP contribution is -2.27. The quantitative estimate of drug-likeness (QED) is 0.476. The molecule has 0 aliphatic rings. The van der Waals surface area contributed by atoms with Gasteiger partial charge in [-0.05, 0) is 57.8 Å². The smallest absolute Gasteiger partial charge is 0.248 e. The number of rotatable bonds is 8. The van der Waals surface area contributed by atoms with Gasteiger partial charge in [0.2, 0.25) is 5.69 Å². The minimum atomic E-state index is -2.34. The largest absolute Gasteiger partial charge is 0.316 e. The lowest BCUT2D eigenvalue weighted by molar-refractivity contribution is 0.0562. The van der Waals surface area contributed by atoms with Gasteiger partial charge in [0.1, 0.15) is 0 Å². The van der Waals surface area contributed by atoms with E-state index in [0.29, 0.717) is 0 Å². The average molecular weight is 341 g/mol. The fraction of sp³-hybridized carbons (Fsp3) is 1.00. The summed E-state index contributed by atoms with van der Waals surface area (Å²) in [6, 6.07) is 0. The molecule has 0 amide bonds. The van der Waals surface area contributed by atoms with Crippen LogP contribution in [-0.4, -0.2) is 17.0 Å². The topological polar surface area (TPSA) is 18.5 Å². The van der Waals surface area contributed by atoms with E-state index in [0.717, 1.165) is 18.6 Å². The summed E-state index contributed by atoms with van der Waals surface area (Å²) in [5, 5.41) is 0. The summed E-state index contributed by atoms with van der Waals surface area (Å²) in [6.07, 6.45) is 1.86. The first kappa shape index (κ1) is 20.9. The fourth-order valence-corrected chi connectivity index (χ4v) is 8.08. The van der Waals surface area contributed by atoms with Crippen LogP contribution >= 0.6 is 17.1 Å². The van der Waals surface area contributed by atoms with Crippen molar-refractivity contribution in [1.82, 2.24) is 0 Å². The lowest BCUT2D eigenvalue weighted by atomic mass is 10.0. The molecule has 0 bridgehead atoms. The average Bonchev–Trinajstić information content (AvgIpc) is 2.24. The summed E-state index contributed by atoms with van der Waals surface area (Å²) in [6.45, 7) is 19.3. The van der Waals surface area contributed by atoms with Crippen LogP contribution in [0.15, 0.2) is 0 Å². The van der Waals surface area contributed by atoms with Crippen molar-refractivity contribution in [2.75, 3.05) is 5.75 Å². The van der Waals surface area contributed by atoms with Crippen LogP contribution in [0.1, 0.15) is 75.2 Å². The Labute approximate surface area is 135 Å². The third kappa shape index (κ3) is 9.04. The molecule has 0 aromatic heterocycles. The molecular formula is C15H33O2PS2. The van der Waals surface area contributed by atoms with Crippen LogP contribution in [0.2, 0.25) is 0 Å². The van der Waals surface area contributed by atoms with Gasteiger partial charge in [-0.25, -0.2) is 0 Å². The van der Waals surface area contributed by atoms with Crippen molar-refractivity contribution < 1.29 is 9.05 Å². The number of hydrogen-bond acceptors (Lipinski definition) is 4. The molecule has 0 fully saturated rings. The first-order chi connectivity index (χ1) is 8.74. The van der Waals surface area contributed by atoms with Crippen LogP contribution < -0.4 is 0 Å². The predicted octanol–water partition coefficient (Wildman–Crippen LogP) is 6.40. The van der Waals surface area contributed by atoms with Gasteiger partial charge in [-0.15, -0.1) is 0 Å². The maximum atomic E-state index is 6.27. The second-order valence-corrected chi connectivity index (χ2v) is 13.8. The standard InChI is InChI=1S/C15H33O2PS2/c1-10-14(6,7)16-18(19,17-15(8,9)11-2)20-12-13(3,4)5/h10-12H2,1-9H3. The Morgan fingerprint density at radius 3 is 1.45 bits per heavy atom. The molecule has 0 aliphatic carbocycles. The minimum Gasteiger partial charge on any atom is -0.316 e. The van der Waals surface area contributed by atoms with E-state index in [4.69, 9.17) is 20.9 Å². The highest BCUT2D eigenvalue weighted by Gasteiger charge is 2.35. The van der Waals surface area contributed by atoms with Gasteiger partial charge in [-0.2, -0.15) is 0 Å². The third-order valence-electron chi connectivity index (χ3n) is 3.08. The Morgan fingerprint density at radius 2 is 1.20 bits per heavy atom. The normalized spacial score (nSPS) is 14.7. The SMILES string of the molecule is CCC(C)(C)OP(=S)(OC(C)(C)CC)SCC(C)(C)C. The fourth-order valence-electron chi connectivity index (χ4n) is 1.08. The van der Waals surface area contributed by atoms with Crippen molar-refractivity contribution in [3.05, 3.63) is 0 Å². The first-order valence-electron chi connectivity index (χ1n) is 7.40. The summed E-state index contributed by atoms with van der Waals surface area (Å²) in [7, 11) is 0. The molecule has 0 saturated carbocycles. The van der Waals surface area contributed by atoms with Crippen molar-refractivity contribution in [3.63, 3.8) is 0 Å². The Hall–Kier alpha value is 0.920. The highest BCUT2D eigenvalue weighted by Crippen LogP contribution is 2.66. The zero-order valence-electron chi connectivity index (χ0n) is 14.7. The van der Waals surface area contributed by atoms with Gasteiger partial charge in [0.05, 0.1) is 11.2 Å². The van der Waals surface area contributed by atoms with E-state index in [-0.39, 0.29) is 16.6 Å². The maximum absolute atomic E-state index is 6.27. The molecule has 0 aromatic carbocycles. The molecule has 0 aliphatic heterocycles. The Bertz CT molecular complexity index is 324. The molecule has 20 heavy (non-hydrogen) atoms. The zero-order valence-corrected chi connectivity index (χ0v) is 17.2. The van der Waals surface area contributed by atoms with Gasteiger partial charge in [0.15, 0.2) is 0 Å². The van der Waals surface area contributed by atoms with Gasteiger partial charge < -0.3 is 9.05 Å². The molecule has 0 spiro atoms. The minimum absolute atomic E-state index is 0.216. The van der Waals surface area contributed by atoms with Crippen LogP contribution in [0.5, 0.6) is 0 Å². The molecule has 0 atom stereocenters. The molecule has 122 valence electrons. The van der Waals surface area contributed by atoms with Crippen molar-refractivity contribution in [2.45, 2.75) is 86.4 Å². The summed E-state index contributed by atoms with van der Waals surface area (Å²) in [4.78, 5) is 0. The number of hydrogen-bond donors (Lipinski definition) is 0. The van der Waals surface area contributed by atoms with Crippen LogP contribution in [0.25, 0.3) is 0 Å². The lowest BCUT2D eigenvalue weighted by Gasteiger charge is -2.37. The van der Waals surface area contributed by atoms with Crippen molar-refractivity contribution in [1.29, 1.82) is 0 Å². The van der Waals surface area contributed by atoms with Gasteiger partial charge in [0, 0.05) is 5.75 Å². The Kier molecular flexibility index (Phi) is 7.80. The molecule has 0 rings (SSSR count). The molecule has 0 unspecified atom stereocenters. The zero-order chi connectivity index (χ0) is 16.2. The maximum Gasteiger partial charge on any atom is 0.248 e. The molecule has 5 heteroatoms. The monoisotopic (exact) mass is 340 g/mol.